The molecule has 0 aliphatic carbocycles. The summed E-state index contributed by atoms with van der Waals surface area (Å²) in [4.78, 5) is 12.1. The normalized spacial score (nSPS) is 10.6. The largest absolute Gasteiger partial charge is 0.493 e. The Balaban J connectivity index is 1.48. The highest BCUT2D eigenvalue weighted by Crippen LogP contribution is 2.27. The first-order chi connectivity index (χ1) is 15.1. The quantitative estimate of drug-likeness (QED) is 0.383. The summed E-state index contributed by atoms with van der Waals surface area (Å²) in [6, 6.07) is 23.4. The molecule has 160 valence electrons. The second kappa shape index (κ2) is 11.4. The van der Waals surface area contributed by atoms with Gasteiger partial charge >= 0.3 is 0 Å². The molecule has 0 aromatic heterocycles. The zero-order valence-corrected chi connectivity index (χ0v) is 17.8. The fourth-order valence-electron chi connectivity index (χ4n) is 2.88. The molecule has 3 aromatic rings. The first-order valence-corrected chi connectivity index (χ1v) is 10.1. The van der Waals surface area contributed by atoms with Crippen LogP contribution < -0.4 is 20.2 Å². The number of methoxy groups -OCH3 is 1. The van der Waals surface area contributed by atoms with Crippen LogP contribution in [0.3, 0.4) is 0 Å². The van der Waals surface area contributed by atoms with Gasteiger partial charge in [0.1, 0.15) is 0 Å². The van der Waals surface area contributed by atoms with E-state index in [1.54, 1.807) is 19.4 Å². The number of amides is 1. The zero-order valence-electron chi connectivity index (χ0n) is 17.8. The van der Waals surface area contributed by atoms with Gasteiger partial charge in [-0.1, -0.05) is 48.0 Å². The number of nitrogens with one attached hydrogen (secondary N) is 2. The van der Waals surface area contributed by atoms with E-state index >= 15 is 0 Å². The smallest absolute Gasteiger partial charge is 0.257 e. The summed E-state index contributed by atoms with van der Waals surface area (Å²) in [7, 11) is 1.56. The Bertz CT molecular complexity index is 1000. The molecule has 0 saturated heterocycles. The minimum Gasteiger partial charge on any atom is -0.493 e. The molecule has 6 heteroatoms. The summed E-state index contributed by atoms with van der Waals surface area (Å²) in [6.07, 6.45) is 2.48. The summed E-state index contributed by atoms with van der Waals surface area (Å²) in [5.41, 5.74) is 7.12. The number of hydrogen-bond donors (Lipinski definition) is 2. The van der Waals surface area contributed by atoms with Crippen LogP contribution in [0, 0.1) is 6.92 Å². The summed E-state index contributed by atoms with van der Waals surface area (Å²) in [5, 5.41) is 7.11. The molecule has 0 heterocycles. The van der Waals surface area contributed by atoms with E-state index in [0.29, 0.717) is 18.0 Å². The summed E-state index contributed by atoms with van der Waals surface area (Å²) in [6.45, 7) is 2.53. The molecule has 2 N–H and O–H groups in total. The highest BCUT2D eigenvalue weighted by atomic mass is 16.5. The van der Waals surface area contributed by atoms with Gasteiger partial charge in [-0.15, -0.1) is 0 Å². The summed E-state index contributed by atoms with van der Waals surface area (Å²) >= 11 is 0. The Morgan fingerprint density at radius 3 is 2.52 bits per heavy atom. The van der Waals surface area contributed by atoms with E-state index in [1.807, 2.05) is 73.7 Å². The van der Waals surface area contributed by atoms with E-state index in [4.69, 9.17) is 9.47 Å². The van der Waals surface area contributed by atoms with Crippen molar-refractivity contribution in [3.8, 4) is 11.5 Å². The van der Waals surface area contributed by atoms with Crippen LogP contribution in [0.1, 0.15) is 16.7 Å². The molecule has 31 heavy (non-hydrogen) atoms. The Labute approximate surface area is 182 Å². The van der Waals surface area contributed by atoms with E-state index in [9.17, 15) is 4.79 Å². The maximum atomic E-state index is 12.1. The van der Waals surface area contributed by atoms with Crippen molar-refractivity contribution in [2.24, 2.45) is 5.10 Å². The van der Waals surface area contributed by atoms with Crippen molar-refractivity contribution in [1.82, 2.24) is 5.32 Å². The predicted molar refractivity (Wildman–Crippen MR) is 124 cm³/mol. The maximum Gasteiger partial charge on any atom is 0.257 e. The van der Waals surface area contributed by atoms with Gasteiger partial charge in [-0.05, 0) is 54.8 Å². The maximum absolute atomic E-state index is 12.1. The lowest BCUT2D eigenvalue weighted by Crippen LogP contribution is -2.30. The van der Waals surface area contributed by atoms with Crippen molar-refractivity contribution in [2.45, 2.75) is 13.3 Å². The molecule has 0 aliphatic heterocycles. The fourth-order valence-corrected chi connectivity index (χ4v) is 2.88. The number of nitrogens with zero attached hydrogens (tertiary/aromatic N) is 1. The van der Waals surface area contributed by atoms with Gasteiger partial charge in [-0.2, -0.15) is 5.10 Å². The van der Waals surface area contributed by atoms with Gasteiger partial charge in [-0.3, -0.25) is 10.2 Å². The van der Waals surface area contributed by atoms with Crippen LogP contribution in [0.15, 0.2) is 77.9 Å². The Morgan fingerprint density at radius 2 is 1.77 bits per heavy atom. The molecule has 0 fully saturated rings. The van der Waals surface area contributed by atoms with Gasteiger partial charge in [0.05, 0.1) is 19.0 Å². The molecule has 0 atom stereocenters. The molecule has 0 radical (unpaired) electrons. The van der Waals surface area contributed by atoms with Crippen LogP contribution in [0.5, 0.6) is 11.5 Å². The van der Waals surface area contributed by atoms with Gasteiger partial charge in [-0.25, -0.2) is 0 Å². The van der Waals surface area contributed by atoms with Crippen molar-refractivity contribution in [3.05, 3.63) is 89.5 Å². The predicted octanol–water partition coefficient (Wildman–Crippen LogP) is 4.19. The highest BCUT2D eigenvalue weighted by Gasteiger charge is 2.08. The Kier molecular flexibility index (Phi) is 8.05. The first kappa shape index (κ1) is 21.9. The lowest BCUT2D eigenvalue weighted by molar-refractivity contribution is -0.123. The molecule has 1 amide bonds. The number of carbonyl (C=O) groups excluding carboxylic acids is 1. The van der Waals surface area contributed by atoms with E-state index in [1.165, 1.54) is 11.1 Å². The van der Waals surface area contributed by atoms with E-state index in [0.717, 1.165) is 17.7 Å². The minimum absolute atomic E-state index is 0.0758. The third-order valence-corrected chi connectivity index (χ3v) is 4.58. The summed E-state index contributed by atoms with van der Waals surface area (Å²) in [5.74, 6) is 0.867. The van der Waals surface area contributed by atoms with Gasteiger partial charge in [0.2, 0.25) is 0 Å². The molecule has 0 bridgehead atoms. The standard InChI is InChI=1S/C25H27N3O3/c1-19-8-11-22(12-9-19)28-27-17-21-10-13-23(24(16-21)30-2)31-18-25(29)26-15-14-20-6-4-3-5-7-20/h3-13,16-17,28H,14-15,18H2,1-2H3,(H,26,29)/b27-17-. The second-order valence-electron chi connectivity index (χ2n) is 7.02. The zero-order chi connectivity index (χ0) is 21.9. The van der Waals surface area contributed by atoms with Gasteiger partial charge in [0.15, 0.2) is 18.1 Å². The average Bonchev–Trinajstić information content (AvgIpc) is 2.80. The number of carbonyl (C=O) groups is 1. The van der Waals surface area contributed by atoms with Crippen molar-refractivity contribution in [2.75, 3.05) is 25.7 Å². The van der Waals surface area contributed by atoms with Crippen LogP contribution in [0.2, 0.25) is 0 Å². The number of benzene rings is 3. The van der Waals surface area contributed by atoms with E-state index < -0.39 is 0 Å². The fraction of sp³-hybridized carbons (Fsp3) is 0.200. The monoisotopic (exact) mass is 417 g/mol. The first-order valence-electron chi connectivity index (χ1n) is 10.1. The lowest BCUT2D eigenvalue weighted by Gasteiger charge is -2.11. The molecule has 6 nitrogen and oxygen atoms in total. The van der Waals surface area contributed by atoms with Gasteiger partial charge in [0.25, 0.3) is 5.91 Å². The number of rotatable bonds is 10. The van der Waals surface area contributed by atoms with Crippen LogP contribution in [0.25, 0.3) is 0 Å². The summed E-state index contributed by atoms with van der Waals surface area (Å²) < 4.78 is 11.0. The minimum atomic E-state index is -0.175. The third-order valence-electron chi connectivity index (χ3n) is 4.58. The lowest BCUT2D eigenvalue weighted by atomic mass is 10.1. The molecule has 0 spiro atoms. The van der Waals surface area contributed by atoms with Crippen LogP contribution in [-0.2, 0) is 11.2 Å². The van der Waals surface area contributed by atoms with Crippen LogP contribution in [-0.4, -0.2) is 32.4 Å². The van der Waals surface area contributed by atoms with Crippen molar-refractivity contribution >= 4 is 17.8 Å². The van der Waals surface area contributed by atoms with E-state index in [2.05, 4.69) is 15.8 Å². The molecular formula is C25H27N3O3. The van der Waals surface area contributed by atoms with Gasteiger partial charge in [0, 0.05) is 6.54 Å². The van der Waals surface area contributed by atoms with Crippen molar-refractivity contribution in [1.29, 1.82) is 0 Å². The highest BCUT2D eigenvalue weighted by molar-refractivity contribution is 5.82. The Morgan fingerprint density at radius 1 is 1.00 bits per heavy atom. The van der Waals surface area contributed by atoms with Gasteiger partial charge < -0.3 is 14.8 Å². The average molecular weight is 418 g/mol. The van der Waals surface area contributed by atoms with Crippen molar-refractivity contribution in [3.63, 3.8) is 0 Å². The molecule has 3 rings (SSSR count). The number of hydrazone groups is 1. The second-order valence-corrected chi connectivity index (χ2v) is 7.02. The molecular weight excluding hydrogens is 390 g/mol. The molecule has 0 unspecified atom stereocenters. The number of ether oxygens (including phenoxy) is 2. The molecule has 0 aliphatic rings. The number of anilines is 1. The van der Waals surface area contributed by atoms with Crippen LogP contribution in [0.4, 0.5) is 5.69 Å². The number of aryl methyl sites for hydroxylation is 1. The topological polar surface area (TPSA) is 71.9 Å². The SMILES string of the molecule is COc1cc(/C=N\Nc2ccc(C)cc2)ccc1OCC(=O)NCCc1ccccc1. The molecule has 3 aromatic carbocycles. The Hall–Kier alpha value is -3.80. The third kappa shape index (κ3) is 7.19. The van der Waals surface area contributed by atoms with Crippen molar-refractivity contribution < 1.29 is 14.3 Å². The van der Waals surface area contributed by atoms with Crippen LogP contribution >= 0.6 is 0 Å². The molecule has 0 saturated carbocycles. The number of hydrogen-bond acceptors (Lipinski definition) is 5. The van der Waals surface area contributed by atoms with E-state index in [-0.39, 0.29) is 12.5 Å².